The Morgan fingerprint density at radius 2 is 2.31 bits per heavy atom. The number of esters is 1. The van der Waals surface area contributed by atoms with Crippen molar-refractivity contribution < 1.29 is 14.3 Å². The first-order chi connectivity index (χ1) is 7.63. The molecule has 16 heavy (non-hydrogen) atoms. The second-order valence-corrected chi connectivity index (χ2v) is 3.03. The Morgan fingerprint density at radius 1 is 1.56 bits per heavy atom. The molecule has 0 saturated carbocycles. The topological polar surface area (TPSA) is 82.3 Å². The van der Waals surface area contributed by atoms with E-state index in [9.17, 15) is 9.59 Å². The van der Waals surface area contributed by atoms with E-state index >= 15 is 0 Å². The average molecular weight is 220 g/mol. The molecular weight excluding hydrogens is 208 g/mol. The summed E-state index contributed by atoms with van der Waals surface area (Å²) in [6, 6.07) is 3.13. The predicted octanol–water partition coefficient (Wildman–Crippen LogP) is 0.757. The first-order valence-corrected chi connectivity index (χ1v) is 4.62. The summed E-state index contributed by atoms with van der Waals surface area (Å²) < 4.78 is 4.57. The van der Waals surface area contributed by atoms with E-state index in [1.54, 1.807) is 24.3 Å². The second-order valence-electron chi connectivity index (χ2n) is 3.03. The van der Waals surface area contributed by atoms with Crippen molar-refractivity contribution in [2.75, 3.05) is 7.11 Å². The quantitative estimate of drug-likeness (QED) is 0.759. The van der Waals surface area contributed by atoms with Crippen LogP contribution in [0.1, 0.15) is 22.5 Å². The molecule has 2 N–H and O–H groups in total. The minimum atomic E-state index is -0.424. The van der Waals surface area contributed by atoms with Gasteiger partial charge in [0.25, 0.3) is 0 Å². The molecule has 0 atom stereocenters. The molecule has 5 nitrogen and oxygen atoms in total. The summed E-state index contributed by atoms with van der Waals surface area (Å²) in [5, 5.41) is 0. The number of amides is 1. The molecule has 0 saturated heterocycles. The zero-order valence-corrected chi connectivity index (χ0v) is 8.84. The SMILES string of the molecule is COC(=O)c1ccnc(C=CCC(N)=O)c1. The molecule has 0 aliphatic heterocycles. The number of nitrogens with zero attached hydrogens (tertiary/aromatic N) is 1. The van der Waals surface area contributed by atoms with Crippen LogP contribution in [0.15, 0.2) is 24.4 Å². The molecular formula is C11H12N2O3. The fourth-order valence-corrected chi connectivity index (χ4v) is 1.08. The lowest BCUT2D eigenvalue weighted by Crippen LogP contribution is -2.08. The van der Waals surface area contributed by atoms with Gasteiger partial charge in [0.1, 0.15) is 0 Å². The molecule has 0 bridgehead atoms. The monoisotopic (exact) mass is 220 g/mol. The third kappa shape index (κ3) is 3.53. The lowest BCUT2D eigenvalue weighted by Gasteiger charge is -1.99. The first kappa shape index (κ1) is 11.9. The van der Waals surface area contributed by atoms with Crippen molar-refractivity contribution in [3.8, 4) is 0 Å². The van der Waals surface area contributed by atoms with Crippen molar-refractivity contribution >= 4 is 18.0 Å². The van der Waals surface area contributed by atoms with E-state index in [0.717, 1.165) is 0 Å². The number of pyridine rings is 1. The summed E-state index contributed by atoms with van der Waals surface area (Å²) in [5.74, 6) is -0.840. The predicted molar refractivity (Wildman–Crippen MR) is 58.4 cm³/mol. The van der Waals surface area contributed by atoms with Gasteiger partial charge in [0.15, 0.2) is 0 Å². The molecule has 1 aromatic rings. The summed E-state index contributed by atoms with van der Waals surface area (Å²) >= 11 is 0. The smallest absolute Gasteiger partial charge is 0.337 e. The maximum absolute atomic E-state index is 11.2. The van der Waals surface area contributed by atoms with E-state index in [4.69, 9.17) is 5.73 Å². The van der Waals surface area contributed by atoms with Gasteiger partial charge in [-0.2, -0.15) is 0 Å². The molecule has 0 radical (unpaired) electrons. The molecule has 1 aromatic heterocycles. The minimum absolute atomic E-state index is 0.143. The Bertz CT molecular complexity index is 427. The van der Waals surface area contributed by atoms with Gasteiger partial charge >= 0.3 is 5.97 Å². The number of nitrogens with two attached hydrogens (primary N) is 1. The Labute approximate surface area is 92.9 Å². The number of primary amides is 1. The number of carbonyl (C=O) groups excluding carboxylic acids is 2. The summed E-state index contributed by atoms with van der Waals surface area (Å²) in [6.07, 6.45) is 4.85. The zero-order valence-electron chi connectivity index (χ0n) is 8.84. The minimum Gasteiger partial charge on any atom is -0.465 e. The van der Waals surface area contributed by atoms with Gasteiger partial charge in [0.2, 0.25) is 5.91 Å². The molecule has 0 unspecified atom stereocenters. The number of methoxy groups -OCH3 is 1. The number of hydrogen-bond donors (Lipinski definition) is 1. The highest BCUT2D eigenvalue weighted by Gasteiger charge is 2.04. The van der Waals surface area contributed by atoms with Gasteiger partial charge in [-0.25, -0.2) is 4.79 Å². The summed E-state index contributed by atoms with van der Waals surface area (Å²) in [5.41, 5.74) is 5.96. The van der Waals surface area contributed by atoms with Crippen molar-refractivity contribution in [2.24, 2.45) is 5.73 Å². The second kappa shape index (κ2) is 5.65. The molecule has 1 rings (SSSR count). The van der Waals surface area contributed by atoms with Crippen LogP contribution in [-0.4, -0.2) is 24.0 Å². The number of carbonyl (C=O) groups is 2. The van der Waals surface area contributed by atoms with Crippen LogP contribution in [0.5, 0.6) is 0 Å². The van der Waals surface area contributed by atoms with Gasteiger partial charge in [-0.3, -0.25) is 9.78 Å². The van der Waals surface area contributed by atoms with Crippen LogP contribution in [0.2, 0.25) is 0 Å². The summed E-state index contributed by atoms with van der Waals surface area (Å²) in [7, 11) is 1.31. The van der Waals surface area contributed by atoms with E-state index in [2.05, 4.69) is 9.72 Å². The lowest BCUT2D eigenvalue weighted by atomic mass is 10.2. The van der Waals surface area contributed by atoms with Gasteiger partial charge < -0.3 is 10.5 Å². The molecule has 0 aliphatic carbocycles. The first-order valence-electron chi connectivity index (χ1n) is 4.62. The highest BCUT2D eigenvalue weighted by Crippen LogP contribution is 2.05. The van der Waals surface area contributed by atoms with Gasteiger partial charge in [0, 0.05) is 12.6 Å². The normalized spacial score (nSPS) is 10.3. The van der Waals surface area contributed by atoms with Gasteiger partial charge in [-0.1, -0.05) is 6.08 Å². The maximum atomic E-state index is 11.2. The summed E-state index contributed by atoms with van der Waals surface area (Å²) in [4.78, 5) is 25.7. The standard InChI is InChI=1S/C11H12N2O3/c1-16-11(15)8-5-6-13-9(7-8)3-2-4-10(12)14/h2-3,5-7H,4H2,1H3,(H2,12,14). The lowest BCUT2D eigenvalue weighted by molar-refractivity contribution is -0.117. The van der Waals surface area contributed by atoms with E-state index in [0.29, 0.717) is 11.3 Å². The van der Waals surface area contributed by atoms with E-state index in [1.807, 2.05) is 0 Å². The van der Waals surface area contributed by atoms with Gasteiger partial charge in [-0.05, 0) is 18.2 Å². The number of rotatable bonds is 4. The van der Waals surface area contributed by atoms with Crippen molar-refractivity contribution in [1.29, 1.82) is 0 Å². The zero-order chi connectivity index (χ0) is 12.0. The van der Waals surface area contributed by atoms with Gasteiger partial charge in [-0.15, -0.1) is 0 Å². The Kier molecular flexibility index (Phi) is 4.20. The van der Waals surface area contributed by atoms with Crippen molar-refractivity contribution in [3.63, 3.8) is 0 Å². The van der Waals surface area contributed by atoms with Gasteiger partial charge in [0.05, 0.1) is 18.4 Å². The van der Waals surface area contributed by atoms with E-state index in [-0.39, 0.29) is 6.42 Å². The van der Waals surface area contributed by atoms with Crippen molar-refractivity contribution in [3.05, 3.63) is 35.7 Å². The molecule has 0 spiro atoms. The molecule has 0 aliphatic rings. The fourth-order valence-electron chi connectivity index (χ4n) is 1.08. The Balaban J connectivity index is 2.78. The van der Waals surface area contributed by atoms with Crippen LogP contribution in [-0.2, 0) is 9.53 Å². The van der Waals surface area contributed by atoms with Crippen LogP contribution in [0.25, 0.3) is 6.08 Å². The number of aromatic nitrogens is 1. The molecule has 1 heterocycles. The maximum Gasteiger partial charge on any atom is 0.337 e. The molecule has 0 fully saturated rings. The van der Waals surface area contributed by atoms with Crippen LogP contribution < -0.4 is 5.73 Å². The van der Waals surface area contributed by atoms with Crippen molar-refractivity contribution in [2.45, 2.75) is 6.42 Å². The third-order valence-corrected chi connectivity index (χ3v) is 1.81. The molecule has 5 heteroatoms. The third-order valence-electron chi connectivity index (χ3n) is 1.81. The van der Waals surface area contributed by atoms with E-state index in [1.165, 1.54) is 13.3 Å². The van der Waals surface area contributed by atoms with Crippen LogP contribution in [0.3, 0.4) is 0 Å². The van der Waals surface area contributed by atoms with E-state index < -0.39 is 11.9 Å². The van der Waals surface area contributed by atoms with Crippen molar-refractivity contribution in [1.82, 2.24) is 4.98 Å². The van der Waals surface area contributed by atoms with Crippen LogP contribution in [0, 0.1) is 0 Å². The number of hydrogen-bond acceptors (Lipinski definition) is 4. The average Bonchev–Trinajstić information content (AvgIpc) is 2.28. The largest absolute Gasteiger partial charge is 0.465 e. The Hall–Kier alpha value is -2.17. The highest BCUT2D eigenvalue weighted by molar-refractivity contribution is 5.89. The van der Waals surface area contributed by atoms with Crippen LogP contribution >= 0.6 is 0 Å². The number of ether oxygens (including phenoxy) is 1. The molecule has 1 amide bonds. The van der Waals surface area contributed by atoms with Crippen LogP contribution in [0.4, 0.5) is 0 Å². The fraction of sp³-hybridized carbons (Fsp3) is 0.182. The molecule has 0 aromatic carbocycles. The highest BCUT2D eigenvalue weighted by atomic mass is 16.5. The molecule has 84 valence electrons. The summed E-state index contributed by atoms with van der Waals surface area (Å²) in [6.45, 7) is 0. The Morgan fingerprint density at radius 3 is 2.94 bits per heavy atom.